The summed E-state index contributed by atoms with van der Waals surface area (Å²) in [7, 11) is 1.62. The third-order valence-corrected chi connectivity index (χ3v) is 2.91. The Labute approximate surface area is 122 Å². The number of carbonyl (C=O) groups excluding carboxylic acids is 1. The lowest BCUT2D eigenvalue weighted by Gasteiger charge is -2.21. The summed E-state index contributed by atoms with van der Waals surface area (Å²) < 4.78 is 18.9. The van der Waals surface area contributed by atoms with Crippen molar-refractivity contribution < 1.29 is 13.9 Å². The minimum Gasteiger partial charge on any atom is -0.462 e. The molecule has 0 spiro atoms. The quantitative estimate of drug-likeness (QED) is 0.876. The molecule has 0 radical (unpaired) electrons. The number of ether oxygens (including phenoxy) is 1. The molecule has 0 amide bonds. The summed E-state index contributed by atoms with van der Waals surface area (Å²) >= 11 is 0. The van der Waals surface area contributed by atoms with Crippen LogP contribution >= 0.6 is 0 Å². The van der Waals surface area contributed by atoms with E-state index in [2.05, 4.69) is 4.98 Å². The number of aromatic nitrogens is 1. The Morgan fingerprint density at radius 2 is 2.14 bits per heavy atom. The third-order valence-electron chi connectivity index (χ3n) is 2.91. The van der Waals surface area contributed by atoms with E-state index in [9.17, 15) is 9.18 Å². The second kappa shape index (κ2) is 6.21. The van der Waals surface area contributed by atoms with Crippen molar-refractivity contribution in [3.63, 3.8) is 0 Å². The van der Waals surface area contributed by atoms with Gasteiger partial charge in [-0.15, -0.1) is 0 Å². The number of benzene rings is 1. The molecule has 0 unspecified atom stereocenters. The van der Waals surface area contributed by atoms with Crippen molar-refractivity contribution in [2.75, 3.05) is 24.3 Å². The van der Waals surface area contributed by atoms with Crippen LogP contribution in [0.1, 0.15) is 17.3 Å². The minimum atomic E-state index is -0.546. The third kappa shape index (κ3) is 3.10. The summed E-state index contributed by atoms with van der Waals surface area (Å²) in [5, 5.41) is 0. The highest BCUT2D eigenvalue weighted by Gasteiger charge is 2.20. The van der Waals surface area contributed by atoms with E-state index in [1.54, 1.807) is 32.2 Å². The largest absolute Gasteiger partial charge is 0.462 e. The van der Waals surface area contributed by atoms with Gasteiger partial charge in [-0.1, -0.05) is 12.1 Å². The number of pyridine rings is 1. The molecule has 110 valence electrons. The Morgan fingerprint density at radius 1 is 1.43 bits per heavy atom. The smallest absolute Gasteiger partial charge is 0.341 e. The average molecular weight is 289 g/mol. The molecule has 6 heteroatoms. The van der Waals surface area contributed by atoms with E-state index in [0.29, 0.717) is 11.4 Å². The maximum Gasteiger partial charge on any atom is 0.341 e. The van der Waals surface area contributed by atoms with E-state index in [-0.39, 0.29) is 18.0 Å². The first kappa shape index (κ1) is 14.8. The van der Waals surface area contributed by atoms with Crippen LogP contribution in [0, 0.1) is 5.82 Å². The predicted molar refractivity (Wildman–Crippen MR) is 79.1 cm³/mol. The Kier molecular flexibility index (Phi) is 4.37. The fourth-order valence-corrected chi connectivity index (χ4v) is 1.94. The molecule has 0 bridgehead atoms. The van der Waals surface area contributed by atoms with Crippen molar-refractivity contribution in [1.29, 1.82) is 0 Å². The lowest BCUT2D eigenvalue weighted by molar-refractivity contribution is 0.0527. The summed E-state index contributed by atoms with van der Waals surface area (Å²) in [5.41, 5.74) is 6.51. The van der Waals surface area contributed by atoms with Crippen molar-refractivity contribution in [3.8, 4) is 0 Å². The molecule has 1 aromatic heterocycles. The highest BCUT2D eigenvalue weighted by Crippen LogP contribution is 2.28. The van der Waals surface area contributed by atoms with Crippen LogP contribution in [0.15, 0.2) is 36.5 Å². The van der Waals surface area contributed by atoms with E-state index in [4.69, 9.17) is 10.5 Å². The van der Waals surface area contributed by atoms with Crippen LogP contribution in [0.3, 0.4) is 0 Å². The van der Waals surface area contributed by atoms with Gasteiger partial charge in [0.1, 0.15) is 17.2 Å². The van der Waals surface area contributed by atoms with Gasteiger partial charge in [-0.05, 0) is 25.1 Å². The SMILES string of the molecule is CCOC(=O)c1cc(N)cnc1N(C)c1ccccc1F. The number of halogens is 1. The van der Waals surface area contributed by atoms with Crippen LogP contribution in [0.5, 0.6) is 0 Å². The fourth-order valence-electron chi connectivity index (χ4n) is 1.94. The standard InChI is InChI=1S/C15H16FN3O2/c1-3-21-15(20)11-8-10(17)9-18-14(11)19(2)13-7-5-4-6-12(13)16/h4-9H,3,17H2,1-2H3. The molecule has 21 heavy (non-hydrogen) atoms. The van der Waals surface area contributed by atoms with Gasteiger partial charge >= 0.3 is 5.97 Å². The summed E-state index contributed by atoms with van der Waals surface area (Å²) in [5.74, 6) is -0.670. The summed E-state index contributed by atoms with van der Waals surface area (Å²) in [6.45, 7) is 1.94. The number of para-hydroxylation sites is 1. The monoisotopic (exact) mass is 289 g/mol. The molecule has 2 N–H and O–H groups in total. The molecular weight excluding hydrogens is 273 g/mol. The van der Waals surface area contributed by atoms with Crippen molar-refractivity contribution in [3.05, 3.63) is 47.9 Å². The number of esters is 1. The van der Waals surface area contributed by atoms with Crippen LogP contribution in [-0.4, -0.2) is 24.6 Å². The normalized spacial score (nSPS) is 10.2. The van der Waals surface area contributed by atoms with Crippen molar-refractivity contribution >= 4 is 23.2 Å². The molecule has 5 nitrogen and oxygen atoms in total. The molecule has 0 aliphatic carbocycles. The molecule has 0 aliphatic rings. The minimum absolute atomic E-state index is 0.197. The van der Waals surface area contributed by atoms with Gasteiger partial charge in [0, 0.05) is 7.05 Å². The van der Waals surface area contributed by atoms with Crippen molar-refractivity contribution in [1.82, 2.24) is 4.98 Å². The fraction of sp³-hybridized carbons (Fsp3) is 0.200. The Hall–Kier alpha value is -2.63. The molecule has 0 atom stereocenters. The van der Waals surface area contributed by atoms with Gasteiger partial charge < -0.3 is 15.4 Å². The van der Waals surface area contributed by atoms with E-state index < -0.39 is 11.8 Å². The highest BCUT2D eigenvalue weighted by atomic mass is 19.1. The number of rotatable bonds is 4. The lowest BCUT2D eigenvalue weighted by Crippen LogP contribution is -2.18. The second-order valence-corrected chi connectivity index (χ2v) is 4.37. The molecular formula is C15H16FN3O2. The van der Waals surface area contributed by atoms with Gasteiger partial charge in [-0.2, -0.15) is 0 Å². The van der Waals surface area contributed by atoms with Gasteiger partial charge in [0.2, 0.25) is 0 Å². The van der Waals surface area contributed by atoms with Gasteiger partial charge in [0.25, 0.3) is 0 Å². The maximum absolute atomic E-state index is 13.9. The number of hydrogen-bond donors (Lipinski definition) is 1. The molecule has 2 rings (SSSR count). The average Bonchev–Trinajstić information content (AvgIpc) is 2.47. The first-order chi connectivity index (χ1) is 10.0. The number of nitrogens with two attached hydrogens (primary N) is 1. The van der Waals surface area contributed by atoms with E-state index in [0.717, 1.165) is 0 Å². The zero-order chi connectivity index (χ0) is 15.4. The highest BCUT2D eigenvalue weighted by molar-refractivity contribution is 5.96. The Balaban J connectivity index is 2.48. The predicted octanol–water partition coefficient (Wildman–Crippen LogP) is 2.75. The van der Waals surface area contributed by atoms with Crippen LogP contribution in [0.4, 0.5) is 21.6 Å². The molecule has 1 aromatic carbocycles. The van der Waals surface area contributed by atoms with Crippen LogP contribution in [0.2, 0.25) is 0 Å². The maximum atomic E-state index is 13.9. The zero-order valence-electron chi connectivity index (χ0n) is 11.8. The van der Waals surface area contributed by atoms with E-state index in [1.165, 1.54) is 23.2 Å². The number of carbonyl (C=O) groups is 1. The number of nitrogens with zero attached hydrogens (tertiary/aromatic N) is 2. The molecule has 0 saturated carbocycles. The Bertz CT molecular complexity index is 661. The summed E-state index contributed by atoms with van der Waals surface area (Å²) in [6.07, 6.45) is 1.41. The topological polar surface area (TPSA) is 68.5 Å². The van der Waals surface area contributed by atoms with E-state index in [1.807, 2.05) is 0 Å². The first-order valence-corrected chi connectivity index (χ1v) is 6.45. The first-order valence-electron chi connectivity index (χ1n) is 6.45. The number of hydrogen-bond acceptors (Lipinski definition) is 5. The molecule has 1 heterocycles. The van der Waals surface area contributed by atoms with Crippen LogP contribution in [-0.2, 0) is 4.74 Å². The number of anilines is 3. The van der Waals surface area contributed by atoms with Gasteiger partial charge in [-0.3, -0.25) is 0 Å². The Morgan fingerprint density at radius 3 is 2.81 bits per heavy atom. The van der Waals surface area contributed by atoms with Crippen molar-refractivity contribution in [2.24, 2.45) is 0 Å². The summed E-state index contributed by atoms with van der Waals surface area (Å²) in [4.78, 5) is 17.6. The second-order valence-electron chi connectivity index (χ2n) is 4.37. The van der Waals surface area contributed by atoms with Gasteiger partial charge in [0.05, 0.1) is 24.2 Å². The van der Waals surface area contributed by atoms with Crippen LogP contribution < -0.4 is 10.6 Å². The van der Waals surface area contributed by atoms with Gasteiger partial charge in [0.15, 0.2) is 0 Å². The van der Waals surface area contributed by atoms with Crippen molar-refractivity contribution in [2.45, 2.75) is 6.92 Å². The van der Waals surface area contributed by atoms with Gasteiger partial charge in [-0.25, -0.2) is 14.2 Å². The van der Waals surface area contributed by atoms with E-state index >= 15 is 0 Å². The molecule has 2 aromatic rings. The summed E-state index contributed by atoms with van der Waals surface area (Å²) in [6, 6.07) is 7.71. The molecule has 0 saturated heterocycles. The van der Waals surface area contributed by atoms with Crippen LogP contribution in [0.25, 0.3) is 0 Å². The number of nitrogen functional groups attached to an aromatic ring is 1. The zero-order valence-corrected chi connectivity index (χ0v) is 11.8. The lowest BCUT2D eigenvalue weighted by atomic mass is 10.2. The molecule has 0 fully saturated rings. The molecule has 0 aliphatic heterocycles.